The zero-order valence-electron chi connectivity index (χ0n) is 13.2. The molecule has 3 radical (unpaired) electrons. The second-order valence-electron chi connectivity index (χ2n) is 4.74. The summed E-state index contributed by atoms with van der Waals surface area (Å²) in [7, 11) is 1.34. The van der Waals surface area contributed by atoms with Gasteiger partial charge in [0.2, 0.25) is 0 Å². The molecule has 0 saturated heterocycles. The molecule has 111 valence electrons. The first-order chi connectivity index (χ1) is 9.81. The molecule has 1 aromatic rings. The first kappa shape index (κ1) is 18.0. The van der Waals surface area contributed by atoms with Crippen LogP contribution in [0.1, 0.15) is 20.3 Å². The maximum Gasteiger partial charge on any atom is 0.127 e. The molecule has 0 bridgehead atoms. The van der Waals surface area contributed by atoms with Gasteiger partial charge in [0.25, 0.3) is 0 Å². The van der Waals surface area contributed by atoms with Gasteiger partial charge in [0.15, 0.2) is 0 Å². The van der Waals surface area contributed by atoms with Crippen LogP contribution in [0.2, 0.25) is 0 Å². The minimum Gasteiger partial charge on any atom is -0.496 e. The third-order valence-corrected chi connectivity index (χ3v) is 6.54. The molecule has 2 nitrogen and oxygen atoms in total. The summed E-state index contributed by atoms with van der Waals surface area (Å²) in [6.07, 6.45) is 10.3. The van der Waals surface area contributed by atoms with E-state index >= 15 is 0 Å². The van der Waals surface area contributed by atoms with Gasteiger partial charge in [-0.05, 0) is 31.6 Å². The van der Waals surface area contributed by atoms with Crippen molar-refractivity contribution in [3.8, 4) is 5.75 Å². The van der Waals surface area contributed by atoms with Gasteiger partial charge in [0, 0.05) is 27.4 Å². The predicted octanol–water partition coefficient (Wildman–Crippen LogP) is 3.56. The van der Waals surface area contributed by atoms with Gasteiger partial charge in [0.1, 0.15) is 5.75 Å². The first-order valence-corrected chi connectivity index (χ1v) is 8.68. The van der Waals surface area contributed by atoms with Gasteiger partial charge in [-0.3, -0.25) is 4.67 Å². The Hall–Kier alpha value is -1.05. The smallest absolute Gasteiger partial charge is 0.127 e. The molecule has 2 rings (SSSR count). The fourth-order valence-corrected chi connectivity index (χ4v) is 5.40. The Balaban J connectivity index is 0.00000220. The lowest BCUT2D eigenvalue weighted by Crippen LogP contribution is -2.28. The highest BCUT2D eigenvalue weighted by Crippen LogP contribution is 2.48. The molecule has 0 saturated carbocycles. The highest BCUT2D eigenvalue weighted by Gasteiger charge is 2.27. The van der Waals surface area contributed by atoms with Gasteiger partial charge in [-0.25, -0.2) is 0 Å². The van der Waals surface area contributed by atoms with Gasteiger partial charge >= 0.3 is 0 Å². The van der Waals surface area contributed by atoms with Crippen molar-refractivity contribution in [3.63, 3.8) is 0 Å². The Morgan fingerprint density at radius 3 is 2.33 bits per heavy atom. The highest BCUT2D eigenvalue weighted by molar-refractivity contribution is 7.64. The molecule has 0 fully saturated rings. The second kappa shape index (κ2) is 9.07. The van der Waals surface area contributed by atoms with E-state index < -0.39 is 8.07 Å². The molecule has 1 aliphatic carbocycles. The highest BCUT2D eigenvalue weighted by atomic mass is 31.1. The van der Waals surface area contributed by atoms with Crippen LogP contribution in [-0.2, 0) is 0 Å². The Bertz CT molecular complexity index is 473. The maximum absolute atomic E-state index is 5.60. The van der Waals surface area contributed by atoms with Crippen LogP contribution >= 0.6 is 8.07 Å². The summed E-state index contributed by atoms with van der Waals surface area (Å²) < 4.78 is 8.16. The SMILES string of the molecule is CCN(CC)P(c1ccccc1OC)C1C=CCC=C1.[B]. The van der Waals surface area contributed by atoms with Gasteiger partial charge in [0.05, 0.1) is 7.11 Å². The Morgan fingerprint density at radius 1 is 1.14 bits per heavy atom. The van der Waals surface area contributed by atoms with E-state index in [9.17, 15) is 0 Å². The number of rotatable bonds is 6. The average molecular weight is 300 g/mol. The van der Waals surface area contributed by atoms with Crippen LogP contribution < -0.4 is 10.0 Å². The number of para-hydroxylation sites is 1. The number of methoxy groups -OCH3 is 1. The van der Waals surface area contributed by atoms with Gasteiger partial charge < -0.3 is 4.74 Å². The molecular weight excluding hydrogens is 276 g/mol. The molecule has 1 atom stereocenters. The monoisotopic (exact) mass is 300 g/mol. The minimum absolute atomic E-state index is 0. The third-order valence-electron chi connectivity index (χ3n) is 3.59. The van der Waals surface area contributed by atoms with Crippen LogP contribution in [0.4, 0.5) is 0 Å². The van der Waals surface area contributed by atoms with Crippen molar-refractivity contribution < 1.29 is 4.74 Å². The zero-order chi connectivity index (χ0) is 14.4. The van der Waals surface area contributed by atoms with Crippen molar-refractivity contribution in [1.82, 2.24) is 4.67 Å². The molecule has 1 aliphatic rings. The van der Waals surface area contributed by atoms with Crippen LogP contribution in [0, 0.1) is 0 Å². The summed E-state index contributed by atoms with van der Waals surface area (Å²) >= 11 is 0. The van der Waals surface area contributed by atoms with E-state index in [0.717, 1.165) is 25.3 Å². The standard InChI is InChI=1S/C17H24NOP.B/c1-4-18(5-2)20(15-11-7-6-8-12-15)17-14-10-9-13-16(17)19-3;/h7-15H,4-6H2,1-3H3;. The number of allylic oxidation sites excluding steroid dienone is 4. The third kappa shape index (κ3) is 4.21. The quantitative estimate of drug-likeness (QED) is 0.452. The molecule has 0 aliphatic heterocycles. The van der Waals surface area contributed by atoms with E-state index in [1.165, 1.54) is 5.30 Å². The van der Waals surface area contributed by atoms with E-state index in [2.05, 4.69) is 61.0 Å². The topological polar surface area (TPSA) is 12.5 Å². The Labute approximate surface area is 132 Å². The molecule has 0 heterocycles. The molecule has 0 spiro atoms. The molecule has 4 heteroatoms. The minimum atomic E-state index is -0.429. The molecule has 0 aromatic heterocycles. The number of nitrogens with zero attached hydrogens (tertiary/aromatic N) is 1. The lowest BCUT2D eigenvalue weighted by atomic mass is 10.2. The number of hydrogen-bond acceptors (Lipinski definition) is 2. The van der Waals surface area contributed by atoms with E-state index in [1.54, 1.807) is 7.11 Å². The molecule has 0 amide bonds. The van der Waals surface area contributed by atoms with E-state index in [-0.39, 0.29) is 8.41 Å². The lowest BCUT2D eigenvalue weighted by Gasteiger charge is -2.35. The van der Waals surface area contributed by atoms with Crippen molar-refractivity contribution in [1.29, 1.82) is 0 Å². The summed E-state index contributed by atoms with van der Waals surface area (Å²) in [4.78, 5) is 0. The van der Waals surface area contributed by atoms with Gasteiger partial charge in [-0.15, -0.1) is 0 Å². The zero-order valence-corrected chi connectivity index (χ0v) is 14.1. The maximum atomic E-state index is 5.60. The average Bonchev–Trinajstić information content (AvgIpc) is 2.53. The normalized spacial score (nSPS) is 15.8. The van der Waals surface area contributed by atoms with Crippen molar-refractivity contribution in [2.45, 2.75) is 25.9 Å². The number of ether oxygens (including phenoxy) is 1. The fourth-order valence-electron chi connectivity index (χ4n) is 2.59. The number of benzene rings is 1. The molecule has 21 heavy (non-hydrogen) atoms. The predicted molar refractivity (Wildman–Crippen MR) is 94.9 cm³/mol. The summed E-state index contributed by atoms with van der Waals surface area (Å²) in [5.41, 5.74) is 0.481. The van der Waals surface area contributed by atoms with E-state index in [1.807, 2.05) is 6.07 Å². The van der Waals surface area contributed by atoms with Crippen molar-refractivity contribution in [2.24, 2.45) is 0 Å². The van der Waals surface area contributed by atoms with Crippen LogP contribution in [0.15, 0.2) is 48.6 Å². The second-order valence-corrected chi connectivity index (χ2v) is 7.07. The molecular formula is C17H24BNOP. The summed E-state index contributed by atoms with van der Waals surface area (Å²) in [5, 5.41) is 1.34. The van der Waals surface area contributed by atoms with Crippen molar-refractivity contribution in [3.05, 3.63) is 48.6 Å². The Kier molecular flexibility index (Phi) is 7.78. The summed E-state index contributed by atoms with van der Waals surface area (Å²) in [6.45, 7) is 6.62. The first-order valence-electron chi connectivity index (χ1n) is 7.32. The van der Waals surface area contributed by atoms with E-state index in [4.69, 9.17) is 4.74 Å². The van der Waals surface area contributed by atoms with Gasteiger partial charge in [-0.1, -0.05) is 50.3 Å². The lowest BCUT2D eigenvalue weighted by molar-refractivity contribution is 0.417. The van der Waals surface area contributed by atoms with Crippen LogP contribution in [0.25, 0.3) is 0 Å². The fraction of sp³-hybridized carbons (Fsp3) is 0.412. The Morgan fingerprint density at radius 2 is 1.76 bits per heavy atom. The van der Waals surface area contributed by atoms with Crippen LogP contribution in [0.3, 0.4) is 0 Å². The van der Waals surface area contributed by atoms with E-state index in [0.29, 0.717) is 5.66 Å². The summed E-state index contributed by atoms with van der Waals surface area (Å²) in [6, 6.07) is 8.46. The van der Waals surface area contributed by atoms with Crippen molar-refractivity contribution >= 4 is 21.8 Å². The van der Waals surface area contributed by atoms with Gasteiger partial charge in [-0.2, -0.15) is 0 Å². The number of hydrogen-bond donors (Lipinski definition) is 0. The van der Waals surface area contributed by atoms with Crippen molar-refractivity contribution in [2.75, 3.05) is 20.2 Å². The molecule has 0 N–H and O–H groups in total. The molecule has 1 aromatic carbocycles. The largest absolute Gasteiger partial charge is 0.496 e. The molecule has 1 unspecified atom stereocenters. The summed E-state index contributed by atoms with van der Waals surface area (Å²) in [5.74, 6) is 1.01. The van der Waals surface area contributed by atoms with Crippen LogP contribution in [-0.4, -0.2) is 38.9 Å². The van der Waals surface area contributed by atoms with Crippen LogP contribution in [0.5, 0.6) is 5.75 Å².